The molecule has 2 aromatic rings. The lowest BCUT2D eigenvalue weighted by molar-refractivity contribution is 0.105. The Morgan fingerprint density at radius 2 is 1.85 bits per heavy atom. The number of aliphatic hydroxyl groups excluding tert-OH is 1. The number of hydrogen-bond acceptors (Lipinski definition) is 4. The zero-order valence-electron chi connectivity index (χ0n) is 12.0. The lowest BCUT2D eigenvalue weighted by Crippen LogP contribution is -2.35. The fraction of sp³-hybridized carbons (Fsp3) is 0.375. The van der Waals surface area contributed by atoms with Crippen LogP contribution in [0.3, 0.4) is 0 Å². The molecule has 0 saturated carbocycles. The quantitative estimate of drug-likeness (QED) is 0.706. The zero-order chi connectivity index (χ0) is 14.5. The minimum absolute atomic E-state index is 0.258. The molecule has 4 heteroatoms. The van der Waals surface area contributed by atoms with Gasteiger partial charge in [-0.05, 0) is 12.1 Å². The van der Waals surface area contributed by atoms with Gasteiger partial charge < -0.3 is 20.9 Å². The van der Waals surface area contributed by atoms with Crippen LogP contribution in [0.15, 0.2) is 36.4 Å². The molecule has 1 atom stereocenters. The third-order valence-electron chi connectivity index (χ3n) is 3.11. The van der Waals surface area contributed by atoms with Crippen LogP contribution in [-0.2, 0) is 0 Å². The Kier molecular flexibility index (Phi) is 4.82. The van der Waals surface area contributed by atoms with Gasteiger partial charge in [0.05, 0.1) is 0 Å². The van der Waals surface area contributed by atoms with E-state index in [0.29, 0.717) is 12.6 Å². The predicted octanol–water partition coefficient (Wildman–Crippen LogP) is 2.16. The molecular formula is C16H22N2O2. The lowest BCUT2D eigenvalue weighted by atomic mass is 10.1. The van der Waals surface area contributed by atoms with E-state index in [1.807, 2.05) is 50.2 Å². The molecule has 0 fully saturated rings. The van der Waals surface area contributed by atoms with Crippen molar-refractivity contribution in [3.8, 4) is 5.75 Å². The van der Waals surface area contributed by atoms with Crippen molar-refractivity contribution in [3.05, 3.63) is 36.4 Å². The predicted molar refractivity (Wildman–Crippen MR) is 83.0 cm³/mol. The van der Waals surface area contributed by atoms with E-state index >= 15 is 0 Å². The summed E-state index contributed by atoms with van der Waals surface area (Å²) in [6.45, 7) is 4.86. The number of fused-ring (bicyclic) bond motifs is 1. The molecule has 0 amide bonds. The number of benzene rings is 2. The number of rotatable bonds is 6. The SMILES string of the molecule is CC(C)NC[C@@H](O)COc1ccc(N)c2ccccc12. The van der Waals surface area contributed by atoms with Gasteiger partial charge in [0.2, 0.25) is 0 Å². The number of hydrogen-bond donors (Lipinski definition) is 3. The molecule has 4 nitrogen and oxygen atoms in total. The Balaban J connectivity index is 2.05. The highest BCUT2D eigenvalue weighted by Gasteiger charge is 2.09. The molecular weight excluding hydrogens is 252 g/mol. The molecule has 0 spiro atoms. The van der Waals surface area contributed by atoms with Crippen LogP contribution in [-0.4, -0.2) is 30.4 Å². The van der Waals surface area contributed by atoms with Gasteiger partial charge in [0, 0.05) is 29.0 Å². The van der Waals surface area contributed by atoms with E-state index in [-0.39, 0.29) is 6.61 Å². The van der Waals surface area contributed by atoms with E-state index in [1.54, 1.807) is 0 Å². The van der Waals surface area contributed by atoms with E-state index in [4.69, 9.17) is 10.5 Å². The Labute approximate surface area is 119 Å². The molecule has 2 aromatic carbocycles. The number of ether oxygens (including phenoxy) is 1. The number of nitrogen functional groups attached to an aromatic ring is 1. The number of nitrogens with one attached hydrogen (secondary N) is 1. The van der Waals surface area contributed by atoms with Crippen LogP contribution >= 0.6 is 0 Å². The first kappa shape index (κ1) is 14.6. The van der Waals surface area contributed by atoms with E-state index in [0.717, 1.165) is 22.2 Å². The van der Waals surface area contributed by atoms with Crippen molar-refractivity contribution in [2.75, 3.05) is 18.9 Å². The van der Waals surface area contributed by atoms with Crippen LogP contribution in [0.2, 0.25) is 0 Å². The Bertz CT molecular complexity index is 569. The normalized spacial score (nSPS) is 12.8. The Morgan fingerprint density at radius 3 is 2.55 bits per heavy atom. The van der Waals surface area contributed by atoms with Crippen LogP contribution < -0.4 is 15.8 Å². The van der Waals surface area contributed by atoms with Crippen molar-refractivity contribution in [1.82, 2.24) is 5.32 Å². The second-order valence-corrected chi connectivity index (χ2v) is 5.23. The van der Waals surface area contributed by atoms with Gasteiger partial charge in [-0.25, -0.2) is 0 Å². The van der Waals surface area contributed by atoms with Gasteiger partial charge >= 0.3 is 0 Å². The van der Waals surface area contributed by atoms with E-state index in [1.165, 1.54) is 0 Å². The Morgan fingerprint density at radius 1 is 1.15 bits per heavy atom. The number of aliphatic hydroxyl groups is 1. The maximum Gasteiger partial charge on any atom is 0.127 e. The van der Waals surface area contributed by atoms with Gasteiger partial charge in [-0.2, -0.15) is 0 Å². The van der Waals surface area contributed by atoms with E-state index < -0.39 is 6.10 Å². The molecule has 0 aliphatic rings. The smallest absolute Gasteiger partial charge is 0.127 e. The molecule has 20 heavy (non-hydrogen) atoms. The molecule has 0 aromatic heterocycles. The molecule has 0 aliphatic carbocycles. The Hall–Kier alpha value is -1.78. The monoisotopic (exact) mass is 274 g/mol. The van der Waals surface area contributed by atoms with Gasteiger partial charge in [0.1, 0.15) is 18.5 Å². The zero-order valence-corrected chi connectivity index (χ0v) is 12.0. The second kappa shape index (κ2) is 6.59. The van der Waals surface area contributed by atoms with Crippen LogP contribution in [0.5, 0.6) is 5.75 Å². The van der Waals surface area contributed by atoms with Gasteiger partial charge in [0.15, 0.2) is 0 Å². The summed E-state index contributed by atoms with van der Waals surface area (Å²) in [5.41, 5.74) is 6.68. The first-order valence-corrected chi connectivity index (χ1v) is 6.89. The highest BCUT2D eigenvalue weighted by Crippen LogP contribution is 2.29. The molecule has 0 heterocycles. The summed E-state index contributed by atoms with van der Waals surface area (Å²) in [6, 6.07) is 11.9. The summed E-state index contributed by atoms with van der Waals surface area (Å²) in [5.74, 6) is 0.749. The first-order valence-electron chi connectivity index (χ1n) is 6.89. The van der Waals surface area contributed by atoms with Crippen molar-refractivity contribution in [2.45, 2.75) is 26.0 Å². The number of nitrogens with two attached hydrogens (primary N) is 1. The standard InChI is InChI=1S/C16H22N2O2/c1-11(2)18-9-12(19)10-20-16-8-7-15(17)13-5-3-4-6-14(13)16/h3-8,11-12,18-19H,9-10,17H2,1-2H3/t12-/m1/s1. The maximum atomic E-state index is 9.87. The van der Waals surface area contributed by atoms with E-state index in [9.17, 15) is 5.11 Å². The van der Waals surface area contributed by atoms with Crippen molar-refractivity contribution >= 4 is 16.5 Å². The van der Waals surface area contributed by atoms with Crippen molar-refractivity contribution in [1.29, 1.82) is 0 Å². The summed E-state index contributed by atoms with van der Waals surface area (Å²) >= 11 is 0. The molecule has 0 saturated heterocycles. The molecule has 0 aliphatic heterocycles. The van der Waals surface area contributed by atoms with Gasteiger partial charge in [-0.3, -0.25) is 0 Å². The largest absolute Gasteiger partial charge is 0.490 e. The van der Waals surface area contributed by atoms with Crippen molar-refractivity contribution in [3.63, 3.8) is 0 Å². The molecule has 2 rings (SSSR count). The molecule has 0 bridgehead atoms. The fourth-order valence-electron chi connectivity index (χ4n) is 2.04. The van der Waals surface area contributed by atoms with Crippen LogP contribution in [0.25, 0.3) is 10.8 Å². The van der Waals surface area contributed by atoms with Crippen LogP contribution in [0.1, 0.15) is 13.8 Å². The summed E-state index contributed by atoms with van der Waals surface area (Å²) < 4.78 is 5.72. The second-order valence-electron chi connectivity index (χ2n) is 5.23. The third kappa shape index (κ3) is 3.62. The summed E-state index contributed by atoms with van der Waals surface area (Å²) in [4.78, 5) is 0. The van der Waals surface area contributed by atoms with Crippen LogP contribution in [0, 0.1) is 0 Å². The maximum absolute atomic E-state index is 9.87. The summed E-state index contributed by atoms with van der Waals surface area (Å²) in [6.07, 6.45) is -0.534. The molecule has 108 valence electrons. The highest BCUT2D eigenvalue weighted by molar-refractivity contribution is 5.96. The molecule has 4 N–H and O–H groups in total. The minimum atomic E-state index is -0.534. The van der Waals surface area contributed by atoms with Gasteiger partial charge in [-0.15, -0.1) is 0 Å². The van der Waals surface area contributed by atoms with Gasteiger partial charge in [0.25, 0.3) is 0 Å². The average Bonchev–Trinajstić information content (AvgIpc) is 2.45. The first-order chi connectivity index (χ1) is 9.58. The van der Waals surface area contributed by atoms with Crippen molar-refractivity contribution < 1.29 is 9.84 Å². The van der Waals surface area contributed by atoms with Gasteiger partial charge in [-0.1, -0.05) is 38.1 Å². The topological polar surface area (TPSA) is 67.5 Å². The summed E-state index contributed by atoms with van der Waals surface area (Å²) in [7, 11) is 0. The van der Waals surface area contributed by atoms with Crippen LogP contribution in [0.4, 0.5) is 5.69 Å². The fourth-order valence-corrected chi connectivity index (χ4v) is 2.04. The summed E-state index contributed by atoms with van der Waals surface area (Å²) in [5, 5.41) is 15.0. The third-order valence-corrected chi connectivity index (χ3v) is 3.11. The lowest BCUT2D eigenvalue weighted by Gasteiger charge is -2.16. The van der Waals surface area contributed by atoms with E-state index in [2.05, 4.69) is 5.32 Å². The molecule has 0 unspecified atom stereocenters. The number of anilines is 1. The van der Waals surface area contributed by atoms with Crippen molar-refractivity contribution in [2.24, 2.45) is 0 Å². The minimum Gasteiger partial charge on any atom is -0.490 e. The highest BCUT2D eigenvalue weighted by atomic mass is 16.5. The molecule has 0 radical (unpaired) electrons. The average molecular weight is 274 g/mol.